The topological polar surface area (TPSA) is 73.0 Å². The summed E-state index contributed by atoms with van der Waals surface area (Å²) in [6, 6.07) is 5.50. The molecule has 0 bridgehead atoms. The lowest BCUT2D eigenvalue weighted by Crippen LogP contribution is -2.17. The fourth-order valence-electron chi connectivity index (χ4n) is 1.53. The monoisotopic (exact) mass is 286 g/mol. The first-order chi connectivity index (χ1) is 9.33. The van der Waals surface area contributed by atoms with Crippen LogP contribution in [0.2, 0.25) is 0 Å². The minimum absolute atomic E-state index is 0.0664. The third kappa shape index (κ3) is 3.70. The highest BCUT2D eigenvalue weighted by molar-refractivity contribution is 5.59. The molecule has 0 aliphatic heterocycles. The number of hydrogen-bond acceptors (Lipinski definition) is 4. The van der Waals surface area contributed by atoms with Gasteiger partial charge in [0.2, 0.25) is 0 Å². The Hall–Kier alpha value is -2.58. The number of nitrogens with one attached hydrogen (secondary N) is 1. The molecule has 0 saturated heterocycles. The third-order valence-corrected chi connectivity index (χ3v) is 2.34. The molecule has 0 saturated carbocycles. The molecule has 0 aliphatic rings. The van der Waals surface area contributed by atoms with E-state index in [1.54, 1.807) is 0 Å². The number of non-ortho nitro benzene ring substituents is 1. The molecule has 0 unspecified atom stereocenters. The zero-order chi connectivity index (χ0) is 14.8. The van der Waals surface area contributed by atoms with Gasteiger partial charge in [-0.05, 0) is 12.1 Å². The fraction of sp³-hybridized carbons (Fsp3) is 0.182. The normalized spacial score (nSPS) is 11.3. The predicted molar refractivity (Wildman–Crippen MR) is 64.7 cm³/mol. The molecule has 2 aromatic rings. The Labute approximate surface area is 111 Å². The molecule has 0 atom stereocenters. The first kappa shape index (κ1) is 13.8. The molecule has 0 radical (unpaired) electrons. The van der Waals surface area contributed by atoms with E-state index in [2.05, 4.69) is 10.4 Å². The third-order valence-electron chi connectivity index (χ3n) is 2.34. The number of aromatic nitrogens is 2. The predicted octanol–water partition coefficient (Wildman–Crippen LogP) is 3.10. The lowest BCUT2D eigenvalue weighted by Gasteiger charge is -2.05. The van der Waals surface area contributed by atoms with Crippen molar-refractivity contribution in [3.05, 3.63) is 46.8 Å². The van der Waals surface area contributed by atoms with Gasteiger partial charge in [0.05, 0.1) is 16.8 Å². The second-order valence-corrected chi connectivity index (χ2v) is 3.97. The van der Waals surface area contributed by atoms with Gasteiger partial charge in [-0.25, -0.2) is 0 Å². The van der Waals surface area contributed by atoms with Gasteiger partial charge in [-0.2, -0.15) is 18.3 Å². The Kier molecular flexibility index (Phi) is 3.59. The number of nitro groups is 1. The van der Waals surface area contributed by atoms with Gasteiger partial charge < -0.3 is 5.32 Å². The second-order valence-electron chi connectivity index (χ2n) is 3.97. The maximum Gasteiger partial charge on any atom is 0.408 e. The van der Waals surface area contributed by atoms with Crippen molar-refractivity contribution in [1.29, 1.82) is 0 Å². The van der Waals surface area contributed by atoms with E-state index in [4.69, 9.17) is 0 Å². The molecule has 1 aromatic carbocycles. The van der Waals surface area contributed by atoms with Crippen LogP contribution in [0.25, 0.3) is 0 Å². The molecular formula is C11H9F3N4O2. The standard InChI is InChI=1S/C11H9F3N4O2/c12-11(13,14)7-17-6-9(5-15-17)16-8-1-3-10(4-2-8)18(19)20/h1-6,16H,7H2. The van der Waals surface area contributed by atoms with Gasteiger partial charge in [-0.3, -0.25) is 14.8 Å². The minimum Gasteiger partial charge on any atom is -0.353 e. The Morgan fingerprint density at radius 1 is 1.25 bits per heavy atom. The summed E-state index contributed by atoms with van der Waals surface area (Å²) in [5.41, 5.74) is 0.813. The first-order valence-electron chi connectivity index (χ1n) is 5.44. The highest BCUT2D eigenvalue weighted by Crippen LogP contribution is 2.21. The summed E-state index contributed by atoms with van der Waals surface area (Å²) >= 11 is 0. The number of anilines is 2. The summed E-state index contributed by atoms with van der Waals surface area (Å²) in [6.07, 6.45) is -1.89. The average molecular weight is 286 g/mol. The molecule has 0 aliphatic carbocycles. The second kappa shape index (κ2) is 5.19. The highest BCUT2D eigenvalue weighted by Gasteiger charge is 2.28. The maximum atomic E-state index is 12.2. The van der Waals surface area contributed by atoms with E-state index in [1.165, 1.54) is 36.7 Å². The van der Waals surface area contributed by atoms with Gasteiger partial charge >= 0.3 is 6.18 Å². The summed E-state index contributed by atoms with van der Waals surface area (Å²) < 4.78 is 37.2. The van der Waals surface area contributed by atoms with E-state index in [9.17, 15) is 23.3 Å². The van der Waals surface area contributed by atoms with Crippen molar-refractivity contribution in [2.24, 2.45) is 0 Å². The van der Waals surface area contributed by atoms with Gasteiger partial charge in [-0.15, -0.1) is 0 Å². The zero-order valence-electron chi connectivity index (χ0n) is 9.96. The van der Waals surface area contributed by atoms with Gasteiger partial charge in [0.15, 0.2) is 0 Å². The Morgan fingerprint density at radius 3 is 2.45 bits per heavy atom. The Balaban J connectivity index is 2.05. The van der Waals surface area contributed by atoms with E-state index in [1.807, 2.05) is 0 Å². The van der Waals surface area contributed by atoms with E-state index >= 15 is 0 Å². The number of benzene rings is 1. The van der Waals surface area contributed by atoms with Crippen molar-refractivity contribution in [3.63, 3.8) is 0 Å². The molecule has 1 N–H and O–H groups in total. The molecule has 1 heterocycles. The van der Waals surface area contributed by atoms with Crippen LogP contribution in [0.3, 0.4) is 0 Å². The summed E-state index contributed by atoms with van der Waals surface area (Å²) in [6.45, 7) is -1.17. The summed E-state index contributed by atoms with van der Waals surface area (Å²) in [5, 5.41) is 16.8. The molecule has 6 nitrogen and oxygen atoms in total. The average Bonchev–Trinajstić information content (AvgIpc) is 2.74. The first-order valence-corrected chi connectivity index (χ1v) is 5.44. The minimum atomic E-state index is -4.34. The van der Waals surface area contributed by atoms with Crippen molar-refractivity contribution in [3.8, 4) is 0 Å². The SMILES string of the molecule is O=[N+]([O-])c1ccc(Nc2cnn(CC(F)(F)F)c2)cc1. The van der Waals surface area contributed by atoms with Gasteiger partial charge in [0.25, 0.3) is 5.69 Å². The van der Waals surface area contributed by atoms with Crippen molar-refractivity contribution in [2.45, 2.75) is 12.7 Å². The van der Waals surface area contributed by atoms with Crippen LogP contribution < -0.4 is 5.32 Å². The lowest BCUT2D eigenvalue weighted by atomic mass is 10.3. The summed E-state index contributed by atoms with van der Waals surface area (Å²) in [7, 11) is 0. The molecule has 9 heteroatoms. The van der Waals surface area contributed by atoms with E-state index < -0.39 is 17.6 Å². The molecule has 20 heavy (non-hydrogen) atoms. The van der Waals surface area contributed by atoms with Crippen molar-refractivity contribution >= 4 is 17.1 Å². The van der Waals surface area contributed by atoms with Crippen LogP contribution in [-0.2, 0) is 6.54 Å². The summed E-state index contributed by atoms with van der Waals surface area (Å²) in [4.78, 5) is 9.94. The van der Waals surface area contributed by atoms with Crippen LogP contribution in [0.4, 0.5) is 30.2 Å². The number of nitro benzene ring substituents is 1. The van der Waals surface area contributed by atoms with Crippen molar-refractivity contribution in [1.82, 2.24) is 9.78 Å². The molecule has 0 amide bonds. The van der Waals surface area contributed by atoms with Crippen molar-refractivity contribution < 1.29 is 18.1 Å². The maximum absolute atomic E-state index is 12.2. The number of halogens is 3. The van der Waals surface area contributed by atoms with Gasteiger partial charge in [0, 0.05) is 24.0 Å². The largest absolute Gasteiger partial charge is 0.408 e. The smallest absolute Gasteiger partial charge is 0.353 e. The molecule has 0 spiro atoms. The van der Waals surface area contributed by atoms with Crippen LogP contribution in [-0.4, -0.2) is 20.9 Å². The van der Waals surface area contributed by atoms with Crippen LogP contribution >= 0.6 is 0 Å². The van der Waals surface area contributed by atoms with Crippen LogP contribution in [0, 0.1) is 10.1 Å². The van der Waals surface area contributed by atoms with E-state index in [0.29, 0.717) is 11.4 Å². The van der Waals surface area contributed by atoms with Crippen LogP contribution in [0.15, 0.2) is 36.7 Å². The lowest BCUT2D eigenvalue weighted by molar-refractivity contribution is -0.384. The van der Waals surface area contributed by atoms with E-state index in [0.717, 1.165) is 4.68 Å². The van der Waals surface area contributed by atoms with Crippen LogP contribution in [0.5, 0.6) is 0 Å². The summed E-state index contributed by atoms with van der Waals surface area (Å²) in [5.74, 6) is 0. The fourth-order valence-corrected chi connectivity index (χ4v) is 1.53. The van der Waals surface area contributed by atoms with Gasteiger partial charge in [0.1, 0.15) is 6.54 Å². The molecule has 0 fully saturated rings. The molecule has 106 valence electrons. The van der Waals surface area contributed by atoms with Crippen LogP contribution in [0.1, 0.15) is 0 Å². The van der Waals surface area contributed by atoms with E-state index in [-0.39, 0.29) is 5.69 Å². The number of alkyl halides is 3. The number of hydrogen-bond donors (Lipinski definition) is 1. The number of rotatable bonds is 4. The molecular weight excluding hydrogens is 277 g/mol. The molecule has 2 rings (SSSR count). The Bertz CT molecular complexity index is 607. The molecule has 1 aromatic heterocycles. The van der Waals surface area contributed by atoms with Gasteiger partial charge in [-0.1, -0.05) is 0 Å². The quantitative estimate of drug-likeness (QED) is 0.692. The van der Waals surface area contributed by atoms with Crippen molar-refractivity contribution in [2.75, 3.05) is 5.32 Å². The highest BCUT2D eigenvalue weighted by atomic mass is 19.4. The zero-order valence-corrected chi connectivity index (χ0v) is 9.96. The number of nitrogens with zero attached hydrogens (tertiary/aromatic N) is 3. The Morgan fingerprint density at radius 2 is 1.90 bits per heavy atom.